The Morgan fingerprint density at radius 1 is 1.44 bits per heavy atom. The summed E-state index contributed by atoms with van der Waals surface area (Å²) in [7, 11) is 0. The third-order valence-corrected chi connectivity index (χ3v) is 2.45. The first-order chi connectivity index (χ1) is 8.79. The number of rotatable bonds is 7. The van der Waals surface area contributed by atoms with E-state index in [1.807, 2.05) is 6.08 Å². The van der Waals surface area contributed by atoms with Crippen molar-refractivity contribution >= 4 is 17.0 Å². The van der Waals surface area contributed by atoms with Gasteiger partial charge in [0.2, 0.25) is 5.95 Å². The minimum atomic E-state index is -0.273. The van der Waals surface area contributed by atoms with Gasteiger partial charge in [0.15, 0.2) is 0 Å². The van der Waals surface area contributed by atoms with Crippen molar-refractivity contribution in [3.63, 3.8) is 0 Å². The van der Waals surface area contributed by atoms with Crippen LogP contribution in [0, 0.1) is 5.82 Å². The number of hydrogen-bond donors (Lipinski definition) is 2. The molecule has 4 nitrogen and oxygen atoms in total. The van der Waals surface area contributed by atoms with Crippen LogP contribution in [-0.2, 0) is 4.74 Å². The molecule has 2 aromatic rings. The largest absolute Gasteiger partial charge is 0.379 e. The Bertz CT molecular complexity index is 524. The Balaban J connectivity index is 1.82. The lowest BCUT2D eigenvalue weighted by atomic mass is 10.3. The second-order valence-corrected chi connectivity index (χ2v) is 3.86. The molecule has 2 N–H and O–H groups in total. The van der Waals surface area contributed by atoms with Crippen LogP contribution in [0.5, 0.6) is 0 Å². The number of aromatic nitrogens is 2. The zero-order chi connectivity index (χ0) is 12.8. The molecule has 0 aliphatic carbocycles. The highest BCUT2D eigenvalue weighted by molar-refractivity contribution is 5.77. The van der Waals surface area contributed by atoms with E-state index in [4.69, 9.17) is 4.74 Å². The molecule has 96 valence electrons. The summed E-state index contributed by atoms with van der Waals surface area (Å²) in [6, 6.07) is 4.46. The molecule has 18 heavy (non-hydrogen) atoms. The van der Waals surface area contributed by atoms with Gasteiger partial charge in [-0.2, -0.15) is 0 Å². The van der Waals surface area contributed by atoms with Crippen molar-refractivity contribution in [2.45, 2.75) is 6.42 Å². The number of fused-ring (bicyclic) bond motifs is 1. The van der Waals surface area contributed by atoms with Gasteiger partial charge >= 0.3 is 0 Å². The lowest BCUT2D eigenvalue weighted by molar-refractivity contribution is 0.149. The third kappa shape index (κ3) is 3.30. The number of benzene rings is 1. The number of nitrogens with one attached hydrogen (secondary N) is 2. The summed E-state index contributed by atoms with van der Waals surface area (Å²) in [5.41, 5.74) is 1.43. The van der Waals surface area contributed by atoms with E-state index in [0.29, 0.717) is 31.2 Å². The molecule has 0 spiro atoms. The van der Waals surface area contributed by atoms with Crippen LogP contribution in [0.15, 0.2) is 30.9 Å². The average molecular weight is 249 g/mol. The molecular weight excluding hydrogens is 233 g/mol. The van der Waals surface area contributed by atoms with E-state index < -0.39 is 0 Å². The molecule has 5 heteroatoms. The Hall–Kier alpha value is -1.88. The molecule has 0 radical (unpaired) electrons. The van der Waals surface area contributed by atoms with Gasteiger partial charge in [-0.15, -0.1) is 6.58 Å². The highest BCUT2D eigenvalue weighted by Crippen LogP contribution is 2.14. The second kappa shape index (κ2) is 6.16. The zero-order valence-electron chi connectivity index (χ0n) is 10.1. The van der Waals surface area contributed by atoms with E-state index in [1.165, 1.54) is 12.1 Å². The van der Waals surface area contributed by atoms with Gasteiger partial charge in [-0.25, -0.2) is 9.37 Å². The number of nitrogens with zero attached hydrogens (tertiary/aromatic N) is 1. The number of hydrogen-bond acceptors (Lipinski definition) is 3. The lowest BCUT2D eigenvalue weighted by Gasteiger charge is -2.03. The summed E-state index contributed by atoms with van der Waals surface area (Å²) in [6.45, 7) is 5.54. The minimum absolute atomic E-state index is 0.273. The number of imidazole rings is 1. The SMILES string of the molecule is C=CCCOCCNc1nc2ccc(F)cc2[nH]1. The highest BCUT2D eigenvalue weighted by atomic mass is 19.1. The summed E-state index contributed by atoms with van der Waals surface area (Å²) in [4.78, 5) is 7.29. The number of aromatic amines is 1. The Morgan fingerprint density at radius 2 is 2.33 bits per heavy atom. The molecule has 0 bridgehead atoms. The fourth-order valence-corrected chi connectivity index (χ4v) is 1.58. The molecular formula is C13H16FN3O. The minimum Gasteiger partial charge on any atom is -0.379 e. The van der Waals surface area contributed by atoms with Crippen LogP contribution in [0.4, 0.5) is 10.3 Å². The van der Waals surface area contributed by atoms with E-state index >= 15 is 0 Å². The van der Waals surface area contributed by atoms with Crippen LogP contribution < -0.4 is 5.32 Å². The summed E-state index contributed by atoms with van der Waals surface area (Å²) in [5.74, 6) is 0.355. The maximum absolute atomic E-state index is 13.0. The molecule has 0 aliphatic rings. The first kappa shape index (κ1) is 12.6. The average Bonchev–Trinajstić information content (AvgIpc) is 2.75. The number of anilines is 1. The van der Waals surface area contributed by atoms with Gasteiger partial charge in [0.25, 0.3) is 0 Å². The molecule has 0 fully saturated rings. The molecule has 1 aromatic carbocycles. The van der Waals surface area contributed by atoms with Gasteiger partial charge in [-0.3, -0.25) is 0 Å². The van der Waals surface area contributed by atoms with Gasteiger partial charge in [-0.05, 0) is 24.6 Å². The Morgan fingerprint density at radius 3 is 3.17 bits per heavy atom. The molecule has 0 aliphatic heterocycles. The number of halogens is 1. The second-order valence-electron chi connectivity index (χ2n) is 3.86. The first-order valence-corrected chi connectivity index (χ1v) is 5.87. The molecule has 0 amide bonds. The van der Waals surface area contributed by atoms with Crippen molar-refractivity contribution in [2.75, 3.05) is 25.1 Å². The fourth-order valence-electron chi connectivity index (χ4n) is 1.58. The summed E-state index contributed by atoms with van der Waals surface area (Å²) < 4.78 is 18.3. The van der Waals surface area contributed by atoms with Gasteiger partial charge in [0, 0.05) is 6.54 Å². The van der Waals surface area contributed by atoms with E-state index in [2.05, 4.69) is 21.9 Å². The third-order valence-electron chi connectivity index (χ3n) is 2.45. The fraction of sp³-hybridized carbons (Fsp3) is 0.308. The first-order valence-electron chi connectivity index (χ1n) is 5.87. The van der Waals surface area contributed by atoms with Crippen molar-refractivity contribution in [3.8, 4) is 0 Å². The van der Waals surface area contributed by atoms with Crippen molar-refractivity contribution in [1.29, 1.82) is 0 Å². The molecule has 0 unspecified atom stereocenters. The number of ether oxygens (including phenoxy) is 1. The van der Waals surface area contributed by atoms with Crippen molar-refractivity contribution in [2.24, 2.45) is 0 Å². The van der Waals surface area contributed by atoms with Crippen molar-refractivity contribution in [3.05, 3.63) is 36.7 Å². The van der Waals surface area contributed by atoms with Gasteiger partial charge in [-0.1, -0.05) is 6.08 Å². The van der Waals surface area contributed by atoms with Gasteiger partial charge in [0.05, 0.1) is 24.2 Å². The predicted molar refractivity (Wildman–Crippen MR) is 70.2 cm³/mol. The maximum Gasteiger partial charge on any atom is 0.201 e. The standard InChI is InChI=1S/C13H16FN3O/c1-2-3-7-18-8-6-15-13-16-11-5-4-10(14)9-12(11)17-13/h2,4-5,9H,1,3,6-8H2,(H2,15,16,17). The van der Waals surface area contributed by atoms with Gasteiger partial charge in [0.1, 0.15) is 5.82 Å². The van der Waals surface area contributed by atoms with E-state index in [-0.39, 0.29) is 5.82 Å². The summed E-state index contributed by atoms with van der Waals surface area (Å²) in [6.07, 6.45) is 2.67. The van der Waals surface area contributed by atoms with Crippen LogP contribution in [0.2, 0.25) is 0 Å². The van der Waals surface area contributed by atoms with Crippen LogP contribution in [0.1, 0.15) is 6.42 Å². The smallest absolute Gasteiger partial charge is 0.201 e. The summed E-state index contributed by atoms with van der Waals surface area (Å²) >= 11 is 0. The van der Waals surface area contributed by atoms with Crippen molar-refractivity contribution < 1.29 is 9.13 Å². The van der Waals surface area contributed by atoms with Crippen LogP contribution in [0.25, 0.3) is 11.0 Å². The normalized spacial score (nSPS) is 10.7. The van der Waals surface area contributed by atoms with Gasteiger partial charge < -0.3 is 15.0 Å². The molecule has 2 rings (SSSR count). The highest BCUT2D eigenvalue weighted by Gasteiger charge is 2.02. The van der Waals surface area contributed by atoms with Crippen LogP contribution >= 0.6 is 0 Å². The zero-order valence-corrected chi connectivity index (χ0v) is 10.1. The molecule has 1 aromatic heterocycles. The summed E-state index contributed by atoms with van der Waals surface area (Å²) in [5, 5.41) is 3.09. The topological polar surface area (TPSA) is 49.9 Å². The van der Waals surface area contributed by atoms with Crippen molar-refractivity contribution in [1.82, 2.24) is 9.97 Å². The lowest BCUT2D eigenvalue weighted by Crippen LogP contribution is -2.10. The Labute approximate surface area is 105 Å². The molecule has 0 saturated heterocycles. The number of H-pyrrole nitrogens is 1. The predicted octanol–water partition coefficient (Wildman–Crippen LogP) is 2.71. The molecule has 0 atom stereocenters. The maximum atomic E-state index is 13.0. The van der Waals surface area contributed by atoms with Crippen LogP contribution in [0.3, 0.4) is 0 Å². The van der Waals surface area contributed by atoms with E-state index in [9.17, 15) is 4.39 Å². The Kier molecular flexibility index (Phi) is 4.30. The monoisotopic (exact) mass is 249 g/mol. The quantitative estimate of drug-likeness (QED) is 0.586. The van der Waals surface area contributed by atoms with E-state index in [0.717, 1.165) is 11.9 Å². The van der Waals surface area contributed by atoms with Crippen LogP contribution in [-0.4, -0.2) is 29.7 Å². The molecule has 0 saturated carbocycles. The molecule has 1 heterocycles. The van der Waals surface area contributed by atoms with E-state index in [1.54, 1.807) is 6.07 Å².